The molecule has 1 aromatic rings. The van der Waals surface area contributed by atoms with E-state index in [2.05, 4.69) is 56.4 Å². The van der Waals surface area contributed by atoms with Crippen LogP contribution in [0.2, 0.25) is 0 Å². The zero-order chi connectivity index (χ0) is 15.1. The van der Waals surface area contributed by atoms with Crippen molar-refractivity contribution in [2.75, 3.05) is 6.54 Å². The van der Waals surface area contributed by atoms with Crippen LogP contribution in [-0.4, -0.2) is 18.7 Å². The molecule has 3 unspecified atom stereocenters. The van der Waals surface area contributed by atoms with E-state index in [0.717, 1.165) is 25.0 Å². The first-order valence-corrected chi connectivity index (χ1v) is 8.59. The third kappa shape index (κ3) is 5.12. The quantitative estimate of drug-likeness (QED) is 0.803. The molecule has 1 aromatic carbocycles. The highest BCUT2D eigenvalue weighted by atomic mass is 16.5. The maximum Gasteiger partial charge on any atom is 0.0735 e. The molecule has 0 radical (unpaired) electrons. The first kappa shape index (κ1) is 16.5. The van der Waals surface area contributed by atoms with Crippen molar-refractivity contribution in [2.24, 2.45) is 11.8 Å². The highest BCUT2D eigenvalue weighted by molar-refractivity contribution is 5.13. The van der Waals surface area contributed by atoms with Crippen LogP contribution < -0.4 is 5.32 Å². The van der Waals surface area contributed by atoms with Gasteiger partial charge in [0.15, 0.2) is 0 Å². The van der Waals surface area contributed by atoms with E-state index in [1.807, 2.05) is 0 Å². The summed E-state index contributed by atoms with van der Waals surface area (Å²) in [5.74, 6) is 1.57. The zero-order valence-corrected chi connectivity index (χ0v) is 13.8. The molecular weight excluding hydrogens is 258 g/mol. The minimum Gasteiger partial charge on any atom is -0.372 e. The standard InChI is InChI=1S/C19H31NO/c1-4-12-20-18-11-10-17(15(2)3)13-19(18)21-14-16-8-6-5-7-9-16/h5-9,15,17-20H,4,10-14H2,1-3H3. The summed E-state index contributed by atoms with van der Waals surface area (Å²) >= 11 is 0. The van der Waals surface area contributed by atoms with Crippen molar-refractivity contribution in [1.82, 2.24) is 5.32 Å². The van der Waals surface area contributed by atoms with Crippen LogP contribution in [0.25, 0.3) is 0 Å². The molecule has 0 aliphatic heterocycles. The van der Waals surface area contributed by atoms with Crippen LogP contribution in [0.15, 0.2) is 30.3 Å². The van der Waals surface area contributed by atoms with E-state index < -0.39 is 0 Å². The summed E-state index contributed by atoms with van der Waals surface area (Å²) in [4.78, 5) is 0. The summed E-state index contributed by atoms with van der Waals surface area (Å²) in [6.07, 6.45) is 5.34. The van der Waals surface area contributed by atoms with Gasteiger partial charge in [0.2, 0.25) is 0 Å². The summed E-state index contributed by atoms with van der Waals surface area (Å²) in [5.41, 5.74) is 1.28. The van der Waals surface area contributed by atoms with Gasteiger partial charge in [-0.25, -0.2) is 0 Å². The predicted octanol–water partition coefficient (Wildman–Crippen LogP) is 4.40. The number of hydrogen-bond donors (Lipinski definition) is 1. The highest BCUT2D eigenvalue weighted by Gasteiger charge is 2.32. The molecule has 0 bridgehead atoms. The van der Waals surface area contributed by atoms with Gasteiger partial charge in [0, 0.05) is 6.04 Å². The second-order valence-corrected chi connectivity index (χ2v) is 6.71. The molecule has 0 saturated heterocycles. The molecule has 21 heavy (non-hydrogen) atoms. The molecule has 0 heterocycles. The molecule has 2 rings (SSSR count). The van der Waals surface area contributed by atoms with Crippen molar-refractivity contribution in [2.45, 2.75) is 65.2 Å². The lowest BCUT2D eigenvalue weighted by Gasteiger charge is -2.38. The van der Waals surface area contributed by atoms with Gasteiger partial charge in [-0.1, -0.05) is 51.1 Å². The van der Waals surface area contributed by atoms with E-state index in [-0.39, 0.29) is 0 Å². The predicted molar refractivity (Wildman–Crippen MR) is 89.3 cm³/mol. The molecule has 2 nitrogen and oxygen atoms in total. The summed E-state index contributed by atoms with van der Waals surface area (Å²) < 4.78 is 6.30. The van der Waals surface area contributed by atoms with E-state index in [9.17, 15) is 0 Å². The van der Waals surface area contributed by atoms with Crippen LogP contribution in [0.3, 0.4) is 0 Å². The molecule has 1 aliphatic carbocycles. The Bertz CT molecular complexity index is 390. The monoisotopic (exact) mass is 289 g/mol. The molecule has 1 saturated carbocycles. The van der Waals surface area contributed by atoms with Crippen LogP contribution in [-0.2, 0) is 11.3 Å². The molecule has 1 aliphatic rings. The molecule has 0 spiro atoms. The Hall–Kier alpha value is -0.860. The molecule has 1 fully saturated rings. The molecule has 118 valence electrons. The van der Waals surface area contributed by atoms with Crippen LogP contribution in [0, 0.1) is 11.8 Å². The third-order valence-electron chi connectivity index (χ3n) is 4.74. The Morgan fingerprint density at radius 2 is 1.95 bits per heavy atom. The number of ether oxygens (including phenoxy) is 1. The van der Waals surface area contributed by atoms with E-state index in [0.29, 0.717) is 12.1 Å². The highest BCUT2D eigenvalue weighted by Crippen LogP contribution is 2.32. The number of hydrogen-bond acceptors (Lipinski definition) is 2. The van der Waals surface area contributed by atoms with Gasteiger partial charge in [-0.3, -0.25) is 0 Å². The van der Waals surface area contributed by atoms with Gasteiger partial charge < -0.3 is 10.1 Å². The summed E-state index contributed by atoms with van der Waals surface area (Å²) in [6, 6.07) is 11.1. The second kappa shape index (κ2) is 8.55. The van der Waals surface area contributed by atoms with Crippen LogP contribution in [0.5, 0.6) is 0 Å². The first-order valence-electron chi connectivity index (χ1n) is 8.59. The Balaban J connectivity index is 1.92. The number of rotatable bonds is 7. The fourth-order valence-corrected chi connectivity index (χ4v) is 3.29. The average Bonchev–Trinajstić information content (AvgIpc) is 2.52. The van der Waals surface area contributed by atoms with Gasteiger partial charge in [0.25, 0.3) is 0 Å². The van der Waals surface area contributed by atoms with E-state index in [1.54, 1.807) is 0 Å². The number of benzene rings is 1. The smallest absolute Gasteiger partial charge is 0.0735 e. The normalized spacial score (nSPS) is 26.2. The maximum absolute atomic E-state index is 6.30. The first-order chi connectivity index (χ1) is 10.2. The Morgan fingerprint density at radius 3 is 2.62 bits per heavy atom. The van der Waals surface area contributed by atoms with Crippen molar-refractivity contribution < 1.29 is 4.74 Å². The van der Waals surface area contributed by atoms with Crippen molar-refractivity contribution in [1.29, 1.82) is 0 Å². The minimum absolute atomic E-state index is 0.359. The Morgan fingerprint density at radius 1 is 1.19 bits per heavy atom. The minimum atomic E-state index is 0.359. The molecule has 0 aromatic heterocycles. The molecule has 1 N–H and O–H groups in total. The van der Waals surface area contributed by atoms with Gasteiger partial charge in [-0.2, -0.15) is 0 Å². The lowest BCUT2D eigenvalue weighted by Crippen LogP contribution is -2.46. The van der Waals surface area contributed by atoms with E-state index >= 15 is 0 Å². The van der Waals surface area contributed by atoms with Gasteiger partial charge >= 0.3 is 0 Å². The third-order valence-corrected chi connectivity index (χ3v) is 4.74. The zero-order valence-electron chi connectivity index (χ0n) is 13.8. The van der Waals surface area contributed by atoms with Crippen LogP contribution in [0.1, 0.15) is 52.0 Å². The topological polar surface area (TPSA) is 21.3 Å². The number of nitrogens with one attached hydrogen (secondary N) is 1. The van der Waals surface area contributed by atoms with Crippen molar-refractivity contribution in [3.63, 3.8) is 0 Å². The molecule has 0 amide bonds. The molecule has 3 atom stereocenters. The fraction of sp³-hybridized carbons (Fsp3) is 0.684. The second-order valence-electron chi connectivity index (χ2n) is 6.71. The SMILES string of the molecule is CCCNC1CCC(C(C)C)CC1OCc1ccccc1. The van der Waals surface area contributed by atoms with Crippen molar-refractivity contribution >= 4 is 0 Å². The molecular formula is C19H31NO. The summed E-state index contributed by atoms with van der Waals surface area (Å²) in [5, 5.41) is 3.69. The summed E-state index contributed by atoms with van der Waals surface area (Å²) in [7, 11) is 0. The van der Waals surface area contributed by atoms with Crippen LogP contribution in [0.4, 0.5) is 0 Å². The van der Waals surface area contributed by atoms with Gasteiger partial charge in [0.1, 0.15) is 0 Å². The maximum atomic E-state index is 6.30. The summed E-state index contributed by atoms with van der Waals surface area (Å²) in [6.45, 7) is 8.76. The van der Waals surface area contributed by atoms with E-state index in [1.165, 1.54) is 31.2 Å². The fourth-order valence-electron chi connectivity index (χ4n) is 3.29. The largest absolute Gasteiger partial charge is 0.372 e. The van der Waals surface area contributed by atoms with Gasteiger partial charge in [-0.15, -0.1) is 0 Å². The van der Waals surface area contributed by atoms with Gasteiger partial charge in [-0.05, 0) is 49.6 Å². The van der Waals surface area contributed by atoms with Crippen molar-refractivity contribution in [3.8, 4) is 0 Å². The lowest BCUT2D eigenvalue weighted by atomic mass is 9.78. The van der Waals surface area contributed by atoms with Crippen LogP contribution >= 0.6 is 0 Å². The molecule has 2 heteroatoms. The van der Waals surface area contributed by atoms with Gasteiger partial charge in [0.05, 0.1) is 12.7 Å². The van der Waals surface area contributed by atoms with E-state index in [4.69, 9.17) is 4.74 Å². The average molecular weight is 289 g/mol. The lowest BCUT2D eigenvalue weighted by molar-refractivity contribution is -0.0260. The Labute approximate surface area is 130 Å². The Kier molecular flexibility index (Phi) is 6.72. The van der Waals surface area contributed by atoms with Crippen molar-refractivity contribution in [3.05, 3.63) is 35.9 Å².